The Bertz CT molecular complexity index is 1340. The first-order valence-corrected chi connectivity index (χ1v) is 10.2. The second-order valence-electron chi connectivity index (χ2n) is 7.21. The van der Waals surface area contributed by atoms with Gasteiger partial charge >= 0.3 is 5.97 Å². The van der Waals surface area contributed by atoms with Gasteiger partial charge in [0.2, 0.25) is 0 Å². The van der Waals surface area contributed by atoms with Crippen LogP contribution in [0.3, 0.4) is 0 Å². The van der Waals surface area contributed by atoms with Gasteiger partial charge in [-0.3, -0.25) is 4.79 Å². The van der Waals surface area contributed by atoms with Crippen molar-refractivity contribution in [3.63, 3.8) is 0 Å². The molecule has 4 aromatic rings. The van der Waals surface area contributed by atoms with E-state index in [0.29, 0.717) is 16.9 Å². The molecule has 0 radical (unpaired) electrons. The van der Waals surface area contributed by atoms with Crippen molar-refractivity contribution < 1.29 is 19.4 Å². The van der Waals surface area contributed by atoms with E-state index in [9.17, 15) is 14.7 Å². The maximum atomic E-state index is 13.1. The number of nitrogens with one attached hydrogen (secondary N) is 1. The molecule has 0 aliphatic heterocycles. The number of carbonyl (C=O) groups excluding carboxylic acids is 2. The average Bonchev–Trinajstić information content (AvgIpc) is 2.86. The lowest BCUT2D eigenvalue weighted by Gasteiger charge is -2.17. The Morgan fingerprint density at radius 3 is 2.33 bits per heavy atom. The molecule has 0 aromatic heterocycles. The van der Waals surface area contributed by atoms with Gasteiger partial charge in [0.25, 0.3) is 5.91 Å². The van der Waals surface area contributed by atoms with Crippen LogP contribution in [0.4, 0.5) is 11.4 Å². The molecule has 2 N–H and O–H groups in total. The van der Waals surface area contributed by atoms with E-state index >= 15 is 0 Å². The molecule has 0 spiro atoms. The first kappa shape index (κ1) is 21.7. The van der Waals surface area contributed by atoms with Crippen LogP contribution in [0.2, 0.25) is 0 Å². The summed E-state index contributed by atoms with van der Waals surface area (Å²) in [7, 11) is 1.27. The van der Waals surface area contributed by atoms with E-state index in [1.807, 2.05) is 30.3 Å². The van der Waals surface area contributed by atoms with Crippen LogP contribution in [0.5, 0.6) is 5.75 Å². The third kappa shape index (κ3) is 4.72. The second-order valence-corrected chi connectivity index (χ2v) is 7.21. The van der Waals surface area contributed by atoms with Crippen LogP contribution in [0.15, 0.2) is 101 Å². The van der Waals surface area contributed by atoms with Gasteiger partial charge in [-0.05, 0) is 29.1 Å². The summed E-state index contributed by atoms with van der Waals surface area (Å²) in [4.78, 5) is 25.4. The van der Waals surface area contributed by atoms with Crippen molar-refractivity contribution in [2.24, 2.45) is 10.2 Å². The van der Waals surface area contributed by atoms with Crippen molar-refractivity contribution in [2.75, 3.05) is 7.11 Å². The molecule has 0 saturated carbocycles. The Labute approximate surface area is 190 Å². The SMILES string of the molecule is COC(=O)[C@@H](NC(=O)c1ccccc1N=Nc1c(O)ccc2ccccc12)c1ccccc1. The van der Waals surface area contributed by atoms with Gasteiger partial charge in [-0.25, -0.2) is 4.79 Å². The first-order valence-electron chi connectivity index (χ1n) is 10.2. The van der Waals surface area contributed by atoms with E-state index in [1.54, 1.807) is 60.7 Å². The molecule has 0 aliphatic rings. The van der Waals surface area contributed by atoms with Gasteiger partial charge in [0.1, 0.15) is 11.4 Å². The Balaban J connectivity index is 1.66. The number of amides is 1. The van der Waals surface area contributed by atoms with Crippen LogP contribution in [0, 0.1) is 0 Å². The van der Waals surface area contributed by atoms with E-state index < -0.39 is 17.9 Å². The summed E-state index contributed by atoms with van der Waals surface area (Å²) in [6.45, 7) is 0. The molecule has 0 aliphatic carbocycles. The Morgan fingerprint density at radius 2 is 1.55 bits per heavy atom. The van der Waals surface area contributed by atoms with Gasteiger partial charge in [0.15, 0.2) is 6.04 Å². The number of phenolic OH excluding ortho intramolecular Hbond substituents is 1. The van der Waals surface area contributed by atoms with E-state index in [-0.39, 0.29) is 11.3 Å². The standard InChI is InChI=1S/C26H21N3O4/c1-33-26(32)23(18-10-3-2-4-11-18)27-25(31)20-13-7-8-14-21(20)28-29-24-19-12-6-5-9-17(19)15-16-22(24)30/h2-16,23,30H,1H3,(H,27,31)/t23-/m0/s1. The number of hydrogen-bond acceptors (Lipinski definition) is 6. The number of azo groups is 1. The molecule has 7 nitrogen and oxygen atoms in total. The van der Waals surface area contributed by atoms with E-state index in [4.69, 9.17) is 4.74 Å². The normalized spacial score (nSPS) is 11.9. The maximum absolute atomic E-state index is 13.1. The molecular weight excluding hydrogens is 418 g/mol. The highest BCUT2D eigenvalue weighted by Crippen LogP contribution is 2.36. The molecule has 0 unspecified atom stereocenters. The Morgan fingerprint density at radius 1 is 0.848 bits per heavy atom. The lowest BCUT2D eigenvalue weighted by Crippen LogP contribution is -2.34. The molecule has 0 heterocycles. The van der Waals surface area contributed by atoms with Crippen molar-refractivity contribution in [1.29, 1.82) is 0 Å². The fourth-order valence-electron chi connectivity index (χ4n) is 3.46. The van der Waals surface area contributed by atoms with Crippen LogP contribution in [-0.2, 0) is 9.53 Å². The number of esters is 1. The molecule has 0 fully saturated rings. The van der Waals surface area contributed by atoms with Gasteiger partial charge in [0.05, 0.1) is 18.4 Å². The van der Waals surface area contributed by atoms with E-state index in [0.717, 1.165) is 10.8 Å². The highest BCUT2D eigenvalue weighted by molar-refractivity contribution is 6.01. The number of aromatic hydroxyl groups is 1. The van der Waals surface area contributed by atoms with E-state index in [1.165, 1.54) is 7.11 Å². The van der Waals surface area contributed by atoms with Gasteiger partial charge in [-0.2, -0.15) is 0 Å². The molecule has 4 rings (SSSR count). The largest absolute Gasteiger partial charge is 0.506 e. The first-order chi connectivity index (χ1) is 16.1. The number of fused-ring (bicyclic) bond motifs is 1. The minimum absolute atomic E-state index is 0.0192. The van der Waals surface area contributed by atoms with Crippen LogP contribution in [0.25, 0.3) is 10.8 Å². The van der Waals surface area contributed by atoms with Crippen LogP contribution >= 0.6 is 0 Å². The van der Waals surface area contributed by atoms with Crippen molar-refractivity contribution in [3.05, 3.63) is 102 Å². The summed E-state index contributed by atoms with van der Waals surface area (Å²) >= 11 is 0. The number of benzene rings is 4. The van der Waals surface area contributed by atoms with Gasteiger partial charge in [-0.15, -0.1) is 10.2 Å². The molecule has 0 saturated heterocycles. The lowest BCUT2D eigenvalue weighted by atomic mass is 10.1. The van der Waals surface area contributed by atoms with Crippen molar-refractivity contribution in [1.82, 2.24) is 5.32 Å². The molecular formula is C26H21N3O4. The zero-order valence-corrected chi connectivity index (χ0v) is 17.8. The quantitative estimate of drug-likeness (QED) is 0.301. The number of carbonyl (C=O) groups is 2. The Hall–Kier alpha value is -4.52. The summed E-state index contributed by atoms with van der Waals surface area (Å²) < 4.78 is 4.87. The third-order valence-electron chi connectivity index (χ3n) is 5.13. The summed E-state index contributed by atoms with van der Waals surface area (Å²) in [6, 6.07) is 25.3. The molecule has 0 bridgehead atoms. The highest BCUT2D eigenvalue weighted by atomic mass is 16.5. The molecule has 1 atom stereocenters. The van der Waals surface area contributed by atoms with Gasteiger partial charge in [0, 0.05) is 5.39 Å². The van der Waals surface area contributed by atoms with Crippen molar-refractivity contribution in [3.8, 4) is 5.75 Å². The maximum Gasteiger partial charge on any atom is 0.333 e. The minimum Gasteiger partial charge on any atom is -0.506 e. The summed E-state index contributed by atoms with van der Waals surface area (Å²) in [6.07, 6.45) is 0. The lowest BCUT2D eigenvalue weighted by molar-refractivity contribution is -0.143. The van der Waals surface area contributed by atoms with Crippen molar-refractivity contribution in [2.45, 2.75) is 6.04 Å². The zero-order valence-electron chi connectivity index (χ0n) is 17.8. The fraction of sp³-hybridized carbons (Fsp3) is 0.0769. The fourth-order valence-corrected chi connectivity index (χ4v) is 3.46. The molecule has 164 valence electrons. The number of methoxy groups -OCH3 is 1. The third-order valence-corrected chi connectivity index (χ3v) is 5.13. The second kappa shape index (κ2) is 9.74. The minimum atomic E-state index is -0.976. The highest BCUT2D eigenvalue weighted by Gasteiger charge is 2.25. The number of phenols is 1. The van der Waals surface area contributed by atoms with Crippen LogP contribution in [0.1, 0.15) is 22.0 Å². The van der Waals surface area contributed by atoms with Crippen LogP contribution in [-0.4, -0.2) is 24.1 Å². The van der Waals surface area contributed by atoms with E-state index in [2.05, 4.69) is 15.5 Å². The molecule has 7 heteroatoms. The molecule has 33 heavy (non-hydrogen) atoms. The van der Waals surface area contributed by atoms with Gasteiger partial charge < -0.3 is 15.2 Å². The van der Waals surface area contributed by atoms with Gasteiger partial charge in [-0.1, -0.05) is 72.8 Å². The number of ether oxygens (including phenoxy) is 1. The zero-order chi connectivity index (χ0) is 23.2. The molecule has 4 aromatic carbocycles. The smallest absolute Gasteiger partial charge is 0.333 e. The predicted octanol–water partition coefficient (Wildman–Crippen LogP) is 5.60. The number of nitrogens with zero attached hydrogens (tertiary/aromatic N) is 2. The van der Waals surface area contributed by atoms with Crippen molar-refractivity contribution >= 4 is 34.0 Å². The number of rotatable bonds is 6. The Kier molecular flexibility index (Phi) is 6.40. The summed E-state index contributed by atoms with van der Waals surface area (Å²) in [5.74, 6) is -1.12. The van der Waals surface area contributed by atoms with Crippen LogP contribution < -0.4 is 5.32 Å². The molecule has 1 amide bonds. The summed E-state index contributed by atoms with van der Waals surface area (Å²) in [5.41, 5.74) is 1.42. The predicted molar refractivity (Wildman–Crippen MR) is 125 cm³/mol. The topological polar surface area (TPSA) is 100 Å². The average molecular weight is 439 g/mol. The number of hydrogen-bond donors (Lipinski definition) is 2. The monoisotopic (exact) mass is 439 g/mol. The summed E-state index contributed by atoms with van der Waals surface area (Å²) in [5, 5.41) is 23.1.